The highest BCUT2D eigenvalue weighted by molar-refractivity contribution is 8.00. The van der Waals surface area contributed by atoms with Crippen molar-refractivity contribution in [1.82, 2.24) is 10.2 Å². The van der Waals surface area contributed by atoms with Gasteiger partial charge in [0.15, 0.2) is 0 Å². The summed E-state index contributed by atoms with van der Waals surface area (Å²) in [6, 6.07) is 20.7. The van der Waals surface area contributed by atoms with Crippen LogP contribution < -0.4 is 16.0 Å². The van der Waals surface area contributed by atoms with Crippen LogP contribution >= 0.6 is 23.1 Å². The molecule has 1 aliphatic heterocycles. The maximum absolute atomic E-state index is 13.7. The molecular formula is C40H41N5O9S2. The van der Waals surface area contributed by atoms with Crippen LogP contribution in [0.2, 0.25) is 0 Å². The van der Waals surface area contributed by atoms with E-state index in [1.165, 1.54) is 60.5 Å². The molecule has 16 heteroatoms. The number of nitrogens with zero attached hydrogens (tertiary/aromatic N) is 2. The number of hydrogen-bond donors (Lipinski definition) is 3. The van der Waals surface area contributed by atoms with Crippen LogP contribution in [0.25, 0.3) is 6.08 Å². The molecule has 1 unspecified atom stereocenters. The molecule has 1 aliphatic rings. The zero-order valence-electron chi connectivity index (χ0n) is 31.4. The molecule has 0 radical (unpaired) electrons. The van der Waals surface area contributed by atoms with Gasteiger partial charge in [0.25, 0.3) is 17.5 Å². The number of hydrogen-bond acceptors (Lipinski definition) is 11. The number of rotatable bonds is 12. The van der Waals surface area contributed by atoms with Crippen LogP contribution in [0.5, 0.6) is 0 Å². The number of carbonyl (C=O) groups excluding carboxylic acids is 5. The van der Waals surface area contributed by atoms with Gasteiger partial charge in [0.2, 0.25) is 5.91 Å². The van der Waals surface area contributed by atoms with E-state index in [0.29, 0.717) is 46.1 Å². The lowest BCUT2D eigenvalue weighted by Crippen LogP contribution is -2.39. The van der Waals surface area contributed by atoms with E-state index in [1.807, 2.05) is 6.92 Å². The van der Waals surface area contributed by atoms with E-state index >= 15 is 0 Å². The lowest BCUT2D eigenvalue weighted by Gasteiger charge is -2.30. The first-order valence-corrected chi connectivity index (χ1v) is 19.3. The van der Waals surface area contributed by atoms with Crippen LogP contribution in [0.15, 0.2) is 89.5 Å². The minimum Gasteiger partial charge on any atom is -0.465 e. The molecule has 0 bridgehead atoms. The monoisotopic (exact) mass is 799 g/mol. The Morgan fingerprint density at radius 1 is 1.00 bits per heavy atom. The third-order valence-corrected chi connectivity index (χ3v) is 10.8. The first-order chi connectivity index (χ1) is 26.6. The average Bonchev–Trinajstić information content (AvgIpc) is 3.53. The highest BCUT2D eigenvalue weighted by atomic mass is 32.2. The van der Waals surface area contributed by atoms with Crippen LogP contribution in [0.1, 0.15) is 70.8 Å². The standard InChI is InChI=1S/C40H41N5O9S2/c1-6-31(36(48)43-37-33(38(49)53-5)29-19-20-44(23-32(29)56-37)39(50)54-40(2,3)4)55-28-14-10-13-26(22-28)41-35(47)30(42-34(46)25-11-8-7-9-12-25)21-24-15-17-27(18-16-24)45(51)52/h7-18,21-22,31H,6,19-20,23H2,1-5H3,(H,41,47)(H,42,46)(H,43,48)/b30-21+. The molecular weight excluding hydrogens is 759 g/mol. The second-order valence-electron chi connectivity index (χ2n) is 13.6. The van der Waals surface area contributed by atoms with Crippen LogP contribution in [0, 0.1) is 10.1 Å². The molecule has 0 saturated carbocycles. The molecule has 0 fully saturated rings. The Balaban J connectivity index is 1.32. The van der Waals surface area contributed by atoms with Crippen LogP contribution in [0.3, 0.4) is 0 Å². The summed E-state index contributed by atoms with van der Waals surface area (Å²) in [5.41, 5.74) is 1.24. The summed E-state index contributed by atoms with van der Waals surface area (Å²) < 4.78 is 10.6. The van der Waals surface area contributed by atoms with Crippen molar-refractivity contribution >= 4 is 75.3 Å². The number of anilines is 2. The second kappa shape index (κ2) is 18.1. The van der Waals surface area contributed by atoms with Gasteiger partial charge in [-0.3, -0.25) is 24.5 Å². The quantitative estimate of drug-likeness (QED) is 0.0422. The molecule has 3 aromatic carbocycles. The number of benzene rings is 3. The van der Waals surface area contributed by atoms with Crippen molar-refractivity contribution < 1.29 is 38.4 Å². The summed E-state index contributed by atoms with van der Waals surface area (Å²) in [6.45, 7) is 7.78. The van der Waals surface area contributed by atoms with Crippen molar-refractivity contribution in [3.8, 4) is 0 Å². The van der Waals surface area contributed by atoms with Crippen molar-refractivity contribution in [2.75, 3.05) is 24.3 Å². The van der Waals surface area contributed by atoms with Gasteiger partial charge in [-0.25, -0.2) is 9.59 Å². The summed E-state index contributed by atoms with van der Waals surface area (Å²) >= 11 is 2.48. The van der Waals surface area contributed by atoms with E-state index in [2.05, 4.69) is 16.0 Å². The summed E-state index contributed by atoms with van der Waals surface area (Å²) in [4.78, 5) is 79.8. The number of nitrogens with one attached hydrogen (secondary N) is 3. The summed E-state index contributed by atoms with van der Waals surface area (Å²) in [7, 11) is 1.27. The van der Waals surface area contributed by atoms with Gasteiger partial charge in [-0.1, -0.05) is 31.2 Å². The van der Waals surface area contributed by atoms with Crippen LogP contribution in [0.4, 0.5) is 21.2 Å². The summed E-state index contributed by atoms with van der Waals surface area (Å²) in [5, 5.41) is 19.2. The van der Waals surface area contributed by atoms with Gasteiger partial charge in [-0.05, 0) is 93.3 Å². The molecule has 0 saturated heterocycles. The predicted molar refractivity (Wildman–Crippen MR) is 215 cm³/mol. The van der Waals surface area contributed by atoms with E-state index < -0.39 is 39.7 Å². The first kappa shape index (κ1) is 41.2. The number of fused-ring (bicyclic) bond motifs is 1. The smallest absolute Gasteiger partial charge is 0.410 e. The first-order valence-electron chi connectivity index (χ1n) is 17.6. The van der Waals surface area contributed by atoms with Gasteiger partial charge in [0.05, 0.1) is 29.4 Å². The van der Waals surface area contributed by atoms with Crippen molar-refractivity contribution in [2.45, 2.75) is 62.8 Å². The molecule has 14 nitrogen and oxygen atoms in total. The van der Waals surface area contributed by atoms with Crippen LogP contribution in [-0.4, -0.2) is 64.1 Å². The molecule has 1 aromatic heterocycles. The zero-order chi connectivity index (χ0) is 40.6. The van der Waals surface area contributed by atoms with Crippen molar-refractivity contribution in [3.63, 3.8) is 0 Å². The molecule has 0 aliphatic carbocycles. The van der Waals surface area contributed by atoms with E-state index in [9.17, 15) is 34.1 Å². The molecule has 56 heavy (non-hydrogen) atoms. The minimum atomic E-state index is -0.668. The van der Waals surface area contributed by atoms with Gasteiger partial charge in [0.1, 0.15) is 16.3 Å². The molecule has 4 amide bonds. The number of thiophene rings is 1. The number of thioether (sulfide) groups is 1. The average molecular weight is 800 g/mol. The van der Waals surface area contributed by atoms with Gasteiger partial charge in [-0.15, -0.1) is 23.1 Å². The van der Waals surface area contributed by atoms with Gasteiger partial charge < -0.3 is 30.3 Å². The topological polar surface area (TPSA) is 186 Å². The van der Waals surface area contributed by atoms with Gasteiger partial charge in [0, 0.05) is 39.7 Å². The number of non-ortho nitro benzene ring substituents is 1. The number of carbonyl (C=O) groups is 5. The third-order valence-electron chi connectivity index (χ3n) is 8.31. The Hall–Kier alpha value is -6.00. The third kappa shape index (κ3) is 10.6. The summed E-state index contributed by atoms with van der Waals surface area (Å²) in [6.07, 6.45) is 1.76. The van der Waals surface area contributed by atoms with E-state index in [1.54, 1.807) is 80.3 Å². The fraction of sp³-hybridized carbons (Fsp3) is 0.275. The molecule has 1 atom stereocenters. The van der Waals surface area contributed by atoms with Gasteiger partial charge in [-0.2, -0.15) is 0 Å². The maximum atomic E-state index is 13.7. The van der Waals surface area contributed by atoms with Gasteiger partial charge >= 0.3 is 12.1 Å². The number of nitro benzene ring substituents is 1. The minimum absolute atomic E-state index is 0.106. The zero-order valence-corrected chi connectivity index (χ0v) is 33.0. The molecule has 5 rings (SSSR count). The van der Waals surface area contributed by atoms with Crippen molar-refractivity contribution in [1.29, 1.82) is 0 Å². The molecule has 3 N–H and O–H groups in total. The SMILES string of the molecule is CCC(Sc1cccc(NC(=O)/C(=C\c2ccc([N+](=O)[O-])cc2)NC(=O)c2ccccc2)c1)C(=O)Nc1sc2c(c1C(=O)OC)CCN(C(=O)OC(C)(C)C)C2. The number of nitro groups is 1. The Kier molecular flexibility index (Phi) is 13.3. The van der Waals surface area contributed by atoms with E-state index in [0.717, 1.165) is 10.4 Å². The summed E-state index contributed by atoms with van der Waals surface area (Å²) in [5.74, 6) is -2.12. The molecule has 0 spiro atoms. The van der Waals surface area contributed by atoms with E-state index in [-0.39, 0.29) is 29.4 Å². The lowest BCUT2D eigenvalue weighted by molar-refractivity contribution is -0.384. The van der Waals surface area contributed by atoms with E-state index in [4.69, 9.17) is 9.47 Å². The number of amides is 4. The molecule has 4 aromatic rings. The van der Waals surface area contributed by atoms with Crippen molar-refractivity contribution in [2.24, 2.45) is 0 Å². The largest absolute Gasteiger partial charge is 0.465 e. The maximum Gasteiger partial charge on any atom is 0.410 e. The Morgan fingerprint density at radius 3 is 2.36 bits per heavy atom. The molecule has 2 heterocycles. The lowest BCUT2D eigenvalue weighted by atomic mass is 10.0. The Morgan fingerprint density at radius 2 is 1.71 bits per heavy atom. The highest BCUT2D eigenvalue weighted by Gasteiger charge is 2.33. The second-order valence-corrected chi connectivity index (χ2v) is 15.9. The van der Waals surface area contributed by atoms with Crippen molar-refractivity contribution in [3.05, 3.63) is 122 Å². The fourth-order valence-corrected chi connectivity index (χ4v) is 7.89. The Labute approximate surface area is 331 Å². The van der Waals surface area contributed by atoms with Crippen LogP contribution in [-0.2, 0) is 32.0 Å². The fourth-order valence-electron chi connectivity index (χ4n) is 5.62. The molecule has 292 valence electrons. The number of esters is 1. The number of ether oxygens (including phenoxy) is 2. The Bertz CT molecular complexity index is 2160. The highest BCUT2D eigenvalue weighted by Crippen LogP contribution is 2.39. The number of methoxy groups -OCH3 is 1. The normalized spacial score (nSPS) is 13.2. The predicted octanol–water partition coefficient (Wildman–Crippen LogP) is 7.66.